The molecule has 1 fully saturated rings. The molecule has 2 amide bonds. The second-order valence-corrected chi connectivity index (χ2v) is 11.5. The van der Waals surface area contributed by atoms with E-state index in [1.165, 1.54) is 16.4 Å². The third-order valence-corrected chi connectivity index (χ3v) is 8.11. The number of carbonyl (C=O) groups is 2. The van der Waals surface area contributed by atoms with Crippen LogP contribution in [0.1, 0.15) is 44.2 Å². The van der Waals surface area contributed by atoms with E-state index >= 15 is 0 Å². The van der Waals surface area contributed by atoms with E-state index in [0.717, 1.165) is 11.1 Å². The van der Waals surface area contributed by atoms with Crippen molar-refractivity contribution in [2.75, 3.05) is 13.1 Å². The van der Waals surface area contributed by atoms with Gasteiger partial charge in [0.15, 0.2) is 0 Å². The molecule has 0 saturated carbocycles. The van der Waals surface area contributed by atoms with Crippen molar-refractivity contribution < 1.29 is 22.4 Å². The summed E-state index contributed by atoms with van der Waals surface area (Å²) in [5.41, 5.74) is 1.72. The fourth-order valence-corrected chi connectivity index (χ4v) is 5.68. The second kappa shape index (κ2) is 11.8. The molecule has 0 aromatic heterocycles. The zero-order chi connectivity index (χ0) is 25.6. The van der Waals surface area contributed by atoms with Crippen LogP contribution in [-0.4, -0.2) is 43.7 Å². The molecule has 0 bridgehead atoms. The number of nitrogens with zero attached hydrogens (tertiary/aromatic N) is 1. The number of piperidine rings is 1. The van der Waals surface area contributed by atoms with Crippen molar-refractivity contribution in [1.82, 2.24) is 14.9 Å². The van der Waals surface area contributed by atoms with Gasteiger partial charge in [-0.15, -0.1) is 0 Å². The number of halogens is 1. The highest BCUT2D eigenvalue weighted by Gasteiger charge is 2.36. The Kier molecular flexibility index (Phi) is 9.02. The van der Waals surface area contributed by atoms with Gasteiger partial charge in [-0.05, 0) is 61.4 Å². The Morgan fingerprint density at radius 1 is 1.03 bits per heavy atom. The van der Waals surface area contributed by atoms with Crippen LogP contribution in [0.4, 0.5) is 4.39 Å². The van der Waals surface area contributed by atoms with Gasteiger partial charge in [0.1, 0.15) is 11.9 Å². The molecule has 0 unspecified atom stereocenters. The van der Waals surface area contributed by atoms with Gasteiger partial charge in [0.25, 0.3) is 0 Å². The number of sulfonamides is 1. The second-order valence-electron chi connectivity index (χ2n) is 9.54. The number of nitrogens with one attached hydrogen (secondary N) is 2. The van der Waals surface area contributed by atoms with Crippen molar-refractivity contribution in [3.63, 3.8) is 0 Å². The minimum absolute atomic E-state index is 0.138. The fourth-order valence-electron chi connectivity index (χ4n) is 4.21. The van der Waals surface area contributed by atoms with E-state index in [-0.39, 0.29) is 54.0 Å². The molecular weight excluding hydrogens is 469 g/mol. The lowest BCUT2D eigenvalue weighted by atomic mass is 9.89. The molecule has 0 aliphatic carbocycles. The zero-order valence-corrected chi connectivity index (χ0v) is 21.3. The summed E-state index contributed by atoms with van der Waals surface area (Å²) >= 11 is 0. The van der Waals surface area contributed by atoms with Crippen LogP contribution in [0.25, 0.3) is 0 Å². The molecule has 1 atom stereocenters. The van der Waals surface area contributed by atoms with Crippen LogP contribution in [0.3, 0.4) is 0 Å². The number of aryl methyl sites for hydroxylation is 1. The van der Waals surface area contributed by atoms with E-state index in [9.17, 15) is 22.4 Å². The maximum Gasteiger partial charge on any atom is 0.243 e. The van der Waals surface area contributed by atoms with Gasteiger partial charge >= 0.3 is 0 Å². The summed E-state index contributed by atoms with van der Waals surface area (Å²) in [6.45, 7) is 6.49. The molecular formula is C26H34FN3O4S. The molecule has 1 heterocycles. The lowest BCUT2D eigenvalue weighted by Gasteiger charge is -2.35. The van der Waals surface area contributed by atoms with Crippen LogP contribution in [0, 0.1) is 24.6 Å². The molecule has 2 N–H and O–H groups in total. The molecule has 35 heavy (non-hydrogen) atoms. The molecule has 0 radical (unpaired) electrons. The summed E-state index contributed by atoms with van der Waals surface area (Å²) in [7, 11) is -3.62. The largest absolute Gasteiger partial charge is 0.350 e. The van der Waals surface area contributed by atoms with Gasteiger partial charge in [0, 0.05) is 26.1 Å². The van der Waals surface area contributed by atoms with E-state index in [1.807, 2.05) is 20.8 Å². The Morgan fingerprint density at radius 2 is 1.63 bits per heavy atom. The van der Waals surface area contributed by atoms with Gasteiger partial charge in [-0.25, -0.2) is 12.8 Å². The monoisotopic (exact) mass is 503 g/mol. The van der Waals surface area contributed by atoms with E-state index in [1.54, 1.807) is 36.4 Å². The predicted octanol–water partition coefficient (Wildman–Crippen LogP) is 3.38. The van der Waals surface area contributed by atoms with E-state index < -0.39 is 16.1 Å². The molecule has 2 aromatic rings. The van der Waals surface area contributed by atoms with Crippen molar-refractivity contribution in [3.05, 3.63) is 65.5 Å². The van der Waals surface area contributed by atoms with Gasteiger partial charge in [-0.3, -0.25) is 9.59 Å². The molecule has 9 heteroatoms. The summed E-state index contributed by atoms with van der Waals surface area (Å²) in [6.07, 6.45) is 1.19. The van der Waals surface area contributed by atoms with Gasteiger partial charge in [0.2, 0.25) is 21.8 Å². The Hall–Kier alpha value is -2.78. The molecule has 2 aromatic carbocycles. The van der Waals surface area contributed by atoms with E-state index in [0.29, 0.717) is 19.3 Å². The van der Waals surface area contributed by atoms with E-state index in [2.05, 4.69) is 10.6 Å². The average Bonchev–Trinajstić information content (AvgIpc) is 2.82. The number of benzene rings is 2. The lowest BCUT2D eigenvalue weighted by Crippen LogP contribution is -2.53. The highest BCUT2D eigenvalue weighted by molar-refractivity contribution is 7.89. The molecule has 1 saturated heterocycles. The van der Waals surface area contributed by atoms with Gasteiger partial charge in [-0.2, -0.15) is 4.31 Å². The Bertz CT molecular complexity index is 1110. The first-order valence-electron chi connectivity index (χ1n) is 11.9. The van der Waals surface area contributed by atoms with Crippen molar-refractivity contribution >= 4 is 21.8 Å². The van der Waals surface area contributed by atoms with Crippen molar-refractivity contribution in [2.24, 2.45) is 11.8 Å². The minimum Gasteiger partial charge on any atom is -0.350 e. The predicted molar refractivity (Wildman–Crippen MR) is 132 cm³/mol. The maximum atomic E-state index is 13.2. The number of hydrogen-bond acceptors (Lipinski definition) is 4. The average molecular weight is 504 g/mol. The first-order chi connectivity index (χ1) is 16.6. The van der Waals surface area contributed by atoms with Crippen molar-refractivity contribution in [1.29, 1.82) is 0 Å². The standard InChI is InChI=1S/C26H34FN3O4S/c1-18(2)16-24(31)29-25(26(32)28-17-20-6-8-22(27)9-7-20)21-12-14-30(15-13-21)35(33,34)23-10-4-19(3)5-11-23/h4-11,18,21,25H,12-17H2,1-3H3,(H,28,32)(H,29,31)/t25-/m1/s1. The Balaban J connectivity index is 1.68. The molecule has 3 rings (SSSR count). The minimum atomic E-state index is -3.62. The Morgan fingerprint density at radius 3 is 2.20 bits per heavy atom. The number of amides is 2. The number of carbonyl (C=O) groups excluding carboxylic acids is 2. The summed E-state index contributed by atoms with van der Waals surface area (Å²) in [5.74, 6) is -0.961. The highest BCUT2D eigenvalue weighted by Crippen LogP contribution is 2.26. The third kappa shape index (κ3) is 7.35. The van der Waals surface area contributed by atoms with Gasteiger partial charge in [0.05, 0.1) is 4.90 Å². The summed E-state index contributed by atoms with van der Waals surface area (Å²) in [4.78, 5) is 25.9. The van der Waals surface area contributed by atoms with E-state index in [4.69, 9.17) is 0 Å². The molecule has 0 spiro atoms. The first-order valence-corrected chi connectivity index (χ1v) is 13.4. The topological polar surface area (TPSA) is 95.6 Å². The molecule has 1 aliphatic heterocycles. The summed E-state index contributed by atoms with van der Waals surface area (Å²) < 4.78 is 40.7. The smallest absolute Gasteiger partial charge is 0.243 e. The normalized spacial score (nSPS) is 16.1. The molecule has 190 valence electrons. The zero-order valence-electron chi connectivity index (χ0n) is 20.5. The van der Waals surface area contributed by atoms with Gasteiger partial charge in [-0.1, -0.05) is 43.7 Å². The lowest BCUT2D eigenvalue weighted by molar-refractivity contribution is -0.131. The summed E-state index contributed by atoms with van der Waals surface area (Å²) in [6, 6.07) is 11.8. The van der Waals surface area contributed by atoms with Crippen LogP contribution < -0.4 is 10.6 Å². The molecule has 7 nitrogen and oxygen atoms in total. The molecule has 1 aliphatic rings. The highest BCUT2D eigenvalue weighted by atomic mass is 32.2. The third-order valence-electron chi connectivity index (χ3n) is 6.20. The number of rotatable bonds is 9. The van der Waals surface area contributed by atoms with Crippen LogP contribution >= 0.6 is 0 Å². The Labute approximate surface area is 207 Å². The van der Waals surface area contributed by atoms with Crippen molar-refractivity contribution in [2.45, 2.75) is 57.5 Å². The van der Waals surface area contributed by atoms with Crippen LogP contribution in [0.5, 0.6) is 0 Å². The maximum absolute atomic E-state index is 13.2. The summed E-state index contributed by atoms with van der Waals surface area (Å²) in [5, 5.41) is 5.71. The first kappa shape index (κ1) is 26.8. The van der Waals surface area contributed by atoms with Crippen LogP contribution in [0.15, 0.2) is 53.4 Å². The van der Waals surface area contributed by atoms with Gasteiger partial charge < -0.3 is 10.6 Å². The van der Waals surface area contributed by atoms with Crippen LogP contribution in [0.2, 0.25) is 0 Å². The van der Waals surface area contributed by atoms with Crippen molar-refractivity contribution in [3.8, 4) is 0 Å². The fraction of sp³-hybridized carbons (Fsp3) is 0.462. The number of hydrogen-bond donors (Lipinski definition) is 2. The SMILES string of the molecule is Cc1ccc(S(=O)(=O)N2CCC([C@@H](NC(=O)CC(C)C)C(=O)NCc3ccc(F)cc3)CC2)cc1. The quantitative estimate of drug-likeness (QED) is 0.548. The van der Waals surface area contributed by atoms with Crippen LogP contribution in [-0.2, 0) is 26.2 Å².